The standard InChI is InChI=1S/C13H18Br2N2O2/c1-13(2,3)17-12(18)7-16-10-6-11(19-4)9(15)5-8(10)14/h5-6,16H,7H2,1-4H3,(H,17,18). The number of ether oxygens (including phenoxy) is 1. The van der Waals surface area contributed by atoms with E-state index in [-0.39, 0.29) is 18.0 Å². The minimum absolute atomic E-state index is 0.0544. The fraction of sp³-hybridized carbons (Fsp3) is 0.462. The van der Waals surface area contributed by atoms with Gasteiger partial charge in [-0.3, -0.25) is 4.79 Å². The van der Waals surface area contributed by atoms with Crippen molar-refractivity contribution in [1.82, 2.24) is 5.32 Å². The van der Waals surface area contributed by atoms with Gasteiger partial charge < -0.3 is 15.4 Å². The average molecular weight is 394 g/mol. The van der Waals surface area contributed by atoms with Crippen LogP contribution in [0.1, 0.15) is 20.8 Å². The lowest BCUT2D eigenvalue weighted by Crippen LogP contribution is -2.43. The summed E-state index contributed by atoms with van der Waals surface area (Å²) >= 11 is 6.84. The lowest BCUT2D eigenvalue weighted by molar-refractivity contribution is -0.120. The third kappa shape index (κ3) is 5.40. The Morgan fingerprint density at radius 2 is 1.89 bits per heavy atom. The molecule has 0 aliphatic carbocycles. The molecule has 0 unspecified atom stereocenters. The smallest absolute Gasteiger partial charge is 0.239 e. The van der Waals surface area contributed by atoms with Crippen LogP contribution in [-0.2, 0) is 4.79 Å². The van der Waals surface area contributed by atoms with Crippen LogP contribution in [0.3, 0.4) is 0 Å². The normalized spacial score (nSPS) is 11.1. The molecule has 0 radical (unpaired) electrons. The fourth-order valence-electron chi connectivity index (χ4n) is 1.46. The second-order valence-electron chi connectivity index (χ2n) is 5.12. The number of nitrogens with one attached hydrogen (secondary N) is 2. The lowest BCUT2D eigenvalue weighted by Gasteiger charge is -2.21. The molecule has 0 atom stereocenters. The van der Waals surface area contributed by atoms with Crippen molar-refractivity contribution in [3.05, 3.63) is 21.1 Å². The highest BCUT2D eigenvalue weighted by molar-refractivity contribution is 9.11. The van der Waals surface area contributed by atoms with Gasteiger partial charge in [-0.15, -0.1) is 0 Å². The Labute approximate surface area is 130 Å². The third-order valence-corrected chi connectivity index (χ3v) is 3.47. The number of carbonyl (C=O) groups is 1. The van der Waals surface area contributed by atoms with Gasteiger partial charge >= 0.3 is 0 Å². The largest absolute Gasteiger partial charge is 0.495 e. The van der Waals surface area contributed by atoms with Gasteiger partial charge in [-0.1, -0.05) is 0 Å². The summed E-state index contributed by atoms with van der Waals surface area (Å²) in [5.74, 6) is 0.656. The van der Waals surface area contributed by atoms with Crippen LogP contribution in [0.4, 0.5) is 5.69 Å². The summed E-state index contributed by atoms with van der Waals surface area (Å²) in [6, 6.07) is 3.71. The molecule has 0 saturated carbocycles. The van der Waals surface area contributed by atoms with E-state index in [2.05, 4.69) is 42.5 Å². The van der Waals surface area contributed by atoms with Crippen LogP contribution in [0.25, 0.3) is 0 Å². The minimum atomic E-state index is -0.229. The molecule has 0 saturated heterocycles. The van der Waals surface area contributed by atoms with Crippen LogP contribution in [-0.4, -0.2) is 25.1 Å². The van der Waals surface area contributed by atoms with Crippen molar-refractivity contribution in [1.29, 1.82) is 0 Å². The maximum atomic E-state index is 11.7. The number of methoxy groups -OCH3 is 1. The molecule has 6 heteroatoms. The van der Waals surface area contributed by atoms with Crippen molar-refractivity contribution in [2.75, 3.05) is 19.0 Å². The number of hydrogen-bond acceptors (Lipinski definition) is 3. The van der Waals surface area contributed by atoms with Crippen LogP contribution in [0.5, 0.6) is 5.75 Å². The Morgan fingerprint density at radius 1 is 1.26 bits per heavy atom. The van der Waals surface area contributed by atoms with Crippen LogP contribution >= 0.6 is 31.9 Å². The van der Waals surface area contributed by atoms with E-state index in [0.29, 0.717) is 5.75 Å². The van der Waals surface area contributed by atoms with Crippen molar-refractivity contribution in [2.24, 2.45) is 0 Å². The molecule has 1 rings (SSSR count). The molecule has 0 fully saturated rings. The second-order valence-corrected chi connectivity index (χ2v) is 6.83. The van der Waals surface area contributed by atoms with E-state index in [0.717, 1.165) is 14.6 Å². The second kappa shape index (κ2) is 6.61. The van der Waals surface area contributed by atoms with Gasteiger partial charge in [-0.05, 0) is 58.7 Å². The van der Waals surface area contributed by atoms with E-state index in [9.17, 15) is 4.79 Å². The zero-order chi connectivity index (χ0) is 14.6. The van der Waals surface area contributed by atoms with Crippen molar-refractivity contribution < 1.29 is 9.53 Å². The summed E-state index contributed by atoms with van der Waals surface area (Å²) in [7, 11) is 1.60. The predicted molar refractivity (Wildman–Crippen MR) is 84.8 cm³/mol. The number of halogens is 2. The average Bonchev–Trinajstić information content (AvgIpc) is 2.25. The number of carbonyl (C=O) groups excluding carboxylic acids is 1. The zero-order valence-corrected chi connectivity index (χ0v) is 14.6. The first kappa shape index (κ1) is 16.3. The van der Waals surface area contributed by atoms with Gasteiger partial charge in [0.15, 0.2) is 0 Å². The third-order valence-electron chi connectivity index (χ3n) is 2.20. The Balaban J connectivity index is 2.70. The van der Waals surface area contributed by atoms with E-state index >= 15 is 0 Å². The topological polar surface area (TPSA) is 50.4 Å². The molecule has 1 aromatic carbocycles. The first-order valence-corrected chi connectivity index (χ1v) is 7.39. The van der Waals surface area contributed by atoms with Crippen LogP contribution < -0.4 is 15.4 Å². The van der Waals surface area contributed by atoms with Gasteiger partial charge in [0.05, 0.1) is 23.8 Å². The SMILES string of the molecule is COc1cc(NCC(=O)NC(C)(C)C)c(Br)cc1Br. The summed E-state index contributed by atoms with van der Waals surface area (Å²) in [4.78, 5) is 11.7. The fourth-order valence-corrected chi connectivity index (χ4v) is 2.75. The van der Waals surface area contributed by atoms with Gasteiger partial charge in [0, 0.05) is 16.1 Å². The number of hydrogen-bond donors (Lipinski definition) is 2. The maximum absolute atomic E-state index is 11.7. The molecule has 1 amide bonds. The monoisotopic (exact) mass is 392 g/mol. The van der Waals surface area contributed by atoms with Gasteiger partial charge in [0.25, 0.3) is 0 Å². The van der Waals surface area contributed by atoms with E-state index in [1.165, 1.54) is 0 Å². The molecule has 0 aliphatic rings. The number of amides is 1. The first-order chi connectivity index (χ1) is 8.73. The van der Waals surface area contributed by atoms with E-state index in [1.54, 1.807) is 7.11 Å². The Morgan fingerprint density at radius 3 is 2.42 bits per heavy atom. The van der Waals surface area contributed by atoms with Crippen LogP contribution in [0.15, 0.2) is 21.1 Å². The van der Waals surface area contributed by atoms with Crippen molar-refractivity contribution in [3.63, 3.8) is 0 Å². The summed E-state index contributed by atoms with van der Waals surface area (Å²) in [6.07, 6.45) is 0. The van der Waals surface area contributed by atoms with Gasteiger partial charge in [-0.2, -0.15) is 0 Å². The number of rotatable bonds is 4. The molecule has 0 spiro atoms. The van der Waals surface area contributed by atoms with Gasteiger partial charge in [-0.25, -0.2) is 0 Å². The van der Waals surface area contributed by atoms with Crippen LogP contribution in [0, 0.1) is 0 Å². The van der Waals surface area contributed by atoms with Crippen molar-refractivity contribution >= 4 is 43.5 Å². The zero-order valence-electron chi connectivity index (χ0n) is 11.4. The highest BCUT2D eigenvalue weighted by Gasteiger charge is 2.14. The molecule has 0 heterocycles. The van der Waals surface area contributed by atoms with Crippen molar-refractivity contribution in [3.8, 4) is 5.75 Å². The molecule has 106 valence electrons. The van der Waals surface area contributed by atoms with Gasteiger partial charge in [0.1, 0.15) is 5.75 Å². The molecule has 19 heavy (non-hydrogen) atoms. The molecule has 2 N–H and O–H groups in total. The summed E-state index contributed by atoms with van der Waals surface area (Å²) in [6.45, 7) is 6.05. The number of anilines is 1. The molecule has 0 bridgehead atoms. The van der Waals surface area contributed by atoms with E-state index in [4.69, 9.17) is 4.74 Å². The highest BCUT2D eigenvalue weighted by Crippen LogP contribution is 2.34. The lowest BCUT2D eigenvalue weighted by atomic mass is 10.1. The molecule has 4 nitrogen and oxygen atoms in total. The maximum Gasteiger partial charge on any atom is 0.239 e. The quantitative estimate of drug-likeness (QED) is 0.822. The Hall–Kier alpha value is -0.750. The summed E-state index contributed by atoms with van der Waals surface area (Å²) in [5, 5.41) is 5.97. The minimum Gasteiger partial charge on any atom is -0.495 e. The highest BCUT2D eigenvalue weighted by atomic mass is 79.9. The molecule has 0 aromatic heterocycles. The van der Waals surface area contributed by atoms with E-state index < -0.39 is 0 Å². The van der Waals surface area contributed by atoms with Crippen LogP contribution in [0.2, 0.25) is 0 Å². The first-order valence-electron chi connectivity index (χ1n) is 5.81. The van der Waals surface area contributed by atoms with Gasteiger partial charge in [0.2, 0.25) is 5.91 Å². The van der Waals surface area contributed by atoms with Crippen molar-refractivity contribution in [2.45, 2.75) is 26.3 Å². The summed E-state index contributed by atoms with van der Waals surface area (Å²) < 4.78 is 6.94. The Kier molecular flexibility index (Phi) is 5.67. The van der Waals surface area contributed by atoms with E-state index in [1.807, 2.05) is 32.9 Å². The predicted octanol–water partition coefficient (Wildman–Crippen LogP) is 3.55. The molecule has 1 aromatic rings. The molecular weight excluding hydrogens is 376 g/mol. The molecular formula is C13H18Br2N2O2. The summed E-state index contributed by atoms with van der Waals surface area (Å²) in [5.41, 5.74) is 0.581. The Bertz CT molecular complexity index is 470. The molecule has 0 aliphatic heterocycles. The number of benzene rings is 1.